The summed E-state index contributed by atoms with van der Waals surface area (Å²) in [4.78, 5) is 15.3. The largest absolute Gasteiger partial charge is 0.476 e. The van der Waals surface area contributed by atoms with Crippen LogP contribution in [0.4, 0.5) is 13.2 Å². The molecule has 1 N–H and O–H groups in total. The van der Waals surface area contributed by atoms with Gasteiger partial charge in [-0.1, -0.05) is 19.1 Å². The van der Waals surface area contributed by atoms with Crippen LogP contribution in [0.3, 0.4) is 0 Å². The van der Waals surface area contributed by atoms with Gasteiger partial charge >= 0.3 is 12.1 Å². The van der Waals surface area contributed by atoms with E-state index in [9.17, 15) is 23.1 Å². The highest BCUT2D eigenvalue weighted by molar-refractivity contribution is 6.43. The molecule has 0 saturated carbocycles. The summed E-state index contributed by atoms with van der Waals surface area (Å²) in [6, 6.07) is 4.24. The van der Waals surface area contributed by atoms with E-state index in [1.807, 2.05) is 6.92 Å². The Kier molecular flexibility index (Phi) is 5.63. The number of hydrogen-bond donors (Lipinski definition) is 1. The number of nitrogens with zero attached hydrogens (tertiary/aromatic N) is 1. The molecule has 0 aliphatic carbocycles. The molecule has 2 rings (SSSR count). The molecule has 1 atom stereocenters. The van der Waals surface area contributed by atoms with Crippen LogP contribution >= 0.6 is 0 Å². The van der Waals surface area contributed by atoms with Gasteiger partial charge < -0.3 is 14.6 Å². The molecule has 1 aromatic carbocycles. The number of aliphatic carboxylic acids is 1. The summed E-state index contributed by atoms with van der Waals surface area (Å²) in [5.41, 5.74) is -0.772. The maximum absolute atomic E-state index is 12.8. The first kappa shape index (κ1) is 18.7. The van der Waals surface area contributed by atoms with Gasteiger partial charge in [-0.05, 0) is 24.6 Å². The molecule has 0 spiro atoms. The molecule has 0 radical (unpaired) electrons. The average Bonchev–Trinajstić information content (AvgIpc) is 2.55. The number of carboxylic acids is 1. The number of ether oxygens (including phenoxy) is 2. The SMILES string of the molecule is CCC=C1C(C(=O)O)=NC(Oc2cccc(C(F)(F)F)c2)=CC1OC. The molecule has 1 aromatic rings. The quantitative estimate of drug-likeness (QED) is 0.872. The lowest BCUT2D eigenvalue weighted by molar-refractivity contribution is -0.137. The normalized spacial score (nSPS) is 19.4. The summed E-state index contributed by atoms with van der Waals surface area (Å²) in [7, 11) is 1.39. The summed E-state index contributed by atoms with van der Waals surface area (Å²) in [6.07, 6.45) is -1.59. The van der Waals surface area contributed by atoms with Gasteiger partial charge in [0.1, 0.15) is 11.9 Å². The van der Waals surface area contributed by atoms with Gasteiger partial charge in [0.2, 0.25) is 5.88 Å². The number of carbonyl (C=O) groups is 1. The summed E-state index contributed by atoms with van der Waals surface area (Å²) in [5.74, 6) is -1.52. The standard InChI is InChI=1S/C17H16F3NO4/c1-3-5-12-13(24-2)9-14(21-15(12)16(22)23)25-11-7-4-6-10(8-11)17(18,19)20/h4-9,13H,3H2,1-2H3,(H,22,23). The van der Waals surface area contributed by atoms with Crippen LogP contribution in [0.15, 0.2) is 52.9 Å². The third kappa shape index (κ3) is 4.48. The second kappa shape index (κ2) is 7.52. The van der Waals surface area contributed by atoms with Gasteiger partial charge in [0.15, 0.2) is 5.71 Å². The molecule has 0 bridgehead atoms. The van der Waals surface area contributed by atoms with E-state index in [0.717, 1.165) is 12.1 Å². The molecular formula is C17H16F3NO4. The number of carboxylic acid groups (broad SMARTS) is 1. The molecule has 1 heterocycles. The van der Waals surface area contributed by atoms with E-state index in [-0.39, 0.29) is 17.3 Å². The van der Waals surface area contributed by atoms with Crippen molar-refractivity contribution in [2.45, 2.75) is 25.6 Å². The van der Waals surface area contributed by atoms with Gasteiger partial charge in [-0.15, -0.1) is 0 Å². The van der Waals surface area contributed by atoms with E-state index in [1.54, 1.807) is 6.08 Å². The Balaban J connectivity index is 2.36. The van der Waals surface area contributed by atoms with E-state index >= 15 is 0 Å². The van der Waals surface area contributed by atoms with Crippen LogP contribution in [0.25, 0.3) is 0 Å². The number of allylic oxidation sites excluding steroid dienone is 1. The van der Waals surface area contributed by atoms with Crippen LogP contribution in [0.2, 0.25) is 0 Å². The second-order valence-corrected chi connectivity index (χ2v) is 5.12. The molecule has 25 heavy (non-hydrogen) atoms. The lowest BCUT2D eigenvalue weighted by Gasteiger charge is -2.21. The Morgan fingerprint density at radius 3 is 2.68 bits per heavy atom. The Bertz CT molecular complexity index is 751. The molecular weight excluding hydrogens is 339 g/mol. The third-order valence-corrected chi connectivity index (χ3v) is 3.36. The van der Waals surface area contributed by atoms with E-state index in [0.29, 0.717) is 12.0 Å². The summed E-state index contributed by atoms with van der Waals surface area (Å²) >= 11 is 0. The topological polar surface area (TPSA) is 68.1 Å². The molecule has 8 heteroatoms. The van der Waals surface area contributed by atoms with Crippen molar-refractivity contribution in [1.29, 1.82) is 0 Å². The zero-order chi connectivity index (χ0) is 18.6. The zero-order valence-electron chi connectivity index (χ0n) is 13.5. The van der Waals surface area contributed by atoms with Crippen molar-refractivity contribution in [2.24, 2.45) is 4.99 Å². The second-order valence-electron chi connectivity index (χ2n) is 5.12. The number of hydrogen-bond acceptors (Lipinski definition) is 4. The number of methoxy groups -OCH3 is 1. The van der Waals surface area contributed by atoms with Gasteiger partial charge in [0.25, 0.3) is 0 Å². The van der Waals surface area contributed by atoms with Crippen LogP contribution in [-0.4, -0.2) is 30.0 Å². The molecule has 5 nitrogen and oxygen atoms in total. The lowest BCUT2D eigenvalue weighted by Crippen LogP contribution is -2.29. The summed E-state index contributed by atoms with van der Waals surface area (Å²) in [5, 5.41) is 9.32. The summed E-state index contributed by atoms with van der Waals surface area (Å²) in [6.45, 7) is 1.83. The van der Waals surface area contributed by atoms with Crippen LogP contribution in [-0.2, 0) is 15.7 Å². The Morgan fingerprint density at radius 2 is 2.12 bits per heavy atom. The molecule has 0 amide bonds. The molecule has 1 aliphatic heterocycles. The van der Waals surface area contributed by atoms with Crippen molar-refractivity contribution >= 4 is 11.7 Å². The summed E-state index contributed by atoms with van der Waals surface area (Å²) < 4.78 is 48.9. The molecule has 0 aromatic heterocycles. The Labute approximate surface area is 142 Å². The minimum atomic E-state index is -4.51. The van der Waals surface area contributed by atoms with E-state index < -0.39 is 23.8 Å². The van der Waals surface area contributed by atoms with E-state index in [4.69, 9.17) is 9.47 Å². The molecule has 134 valence electrons. The lowest BCUT2D eigenvalue weighted by atomic mass is 10.0. The van der Waals surface area contributed by atoms with Crippen LogP contribution in [0, 0.1) is 0 Å². The maximum atomic E-state index is 12.8. The monoisotopic (exact) mass is 355 g/mol. The van der Waals surface area contributed by atoms with Crippen LogP contribution in [0.1, 0.15) is 18.9 Å². The van der Waals surface area contributed by atoms with E-state index in [1.165, 1.54) is 25.3 Å². The Hall–Kier alpha value is -2.61. The average molecular weight is 355 g/mol. The first-order chi connectivity index (χ1) is 11.8. The zero-order valence-corrected chi connectivity index (χ0v) is 13.5. The highest BCUT2D eigenvalue weighted by Gasteiger charge is 2.31. The fourth-order valence-corrected chi connectivity index (χ4v) is 2.28. The minimum Gasteiger partial charge on any atom is -0.476 e. The van der Waals surface area contributed by atoms with Crippen molar-refractivity contribution in [3.8, 4) is 5.75 Å². The van der Waals surface area contributed by atoms with Crippen molar-refractivity contribution in [2.75, 3.05) is 7.11 Å². The number of benzene rings is 1. The van der Waals surface area contributed by atoms with Crippen molar-refractivity contribution in [3.63, 3.8) is 0 Å². The van der Waals surface area contributed by atoms with Gasteiger partial charge in [-0.3, -0.25) is 0 Å². The van der Waals surface area contributed by atoms with Gasteiger partial charge in [-0.25, -0.2) is 9.79 Å². The van der Waals surface area contributed by atoms with E-state index in [2.05, 4.69) is 4.99 Å². The van der Waals surface area contributed by atoms with Crippen molar-refractivity contribution in [1.82, 2.24) is 0 Å². The fraction of sp³-hybridized carbons (Fsp3) is 0.294. The Morgan fingerprint density at radius 1 is 1.40 bits per heavy atom. The van der Waals surface area contributed by atoms with Crippen LogP contribution < -0.4 is 4.74 Å². The third-order valence-electron chi connectivity index (χ3n) is 3.36. The number of rotatable bonds is 5. The van der Waals surface area contributed by atoms with Gasteiger partial charge in [0, 0.05) is 18.8 Å². The smallest absolute Gasteiger partial charge is 0.416 e. The highest BCUT2D eigenvalue weighted by Crippen LogP contribution is 2.32. The number of alkyl halides is 3. The number of halogens is 3. The predicted molar refractivity (Wildman–Crippen MR) is 84.4 cm³/mol. The minimum absolute atomic E-state index is 0.104. The predicted octanol–water partition coefficient (Wildman–Crippen LogP) is 3.82. The van der Waals surface area contributed by atoms with Crippen molar-refractivity contribution in [3.05, 3.63) is 53.4 Å². The first-order valence-corrected chi connectivity index (χ1v) is 7.38. The molecule has 0 saturated heterocycles. The van der Waals surface area contributed by atoms with Crippen LogP contribution in [0.5, 0.6) is 5.75 Å². The first-order valence-electron chi connectivity index (χ1n) is 7.38. The highest BCUT2D eigenvalue weighted by atomic mass is 19.4. The number of aliphatic imine (C=N–C) groups is 1. The van der Waals surface area contributed by atoms with Gasteiger partial charge in [-0.2, -0.15) is 13.2 Å². The van der Waals surface area contributed by atoms with Crippen molar-refractivity contribution < 1.29 is 32.5 Å². The molecule has 1 aliphatic rings. The van der Waals surface area contributed by atoms with Gasteiger partial charge in [0.05, 0.1) is 5.56 Å². The maximum Gasteiger partial charge on any atom is 0.416 e. The molecule has 1 unspecified atom stereocenters. The molecule has 0 fully saturated rings. The fourth-order valence-electron chi connectivity index (χ4n) is 2.28.